The van der Waals surface area contributed by atoms with Gasteiger partial charge >= 0.3 is 0 Å². The lowest BCUT2D eigenvalue weighted by molar-refractivity contribution is 0.318. The number of imidazole rings is 1. The second-order valence-electron chi connectivity index (χ2n) is 6.01. The molecule has 1 aromatic carbocycles. The zero-order valence-electron chi connectivity index (χ0n) is 12.2. The average Bonchev–Trinajstić information content (AvgIpc) is 2.82. The monoisotopic (exact) mass is 272 g/mol. The van der Waals surface area contributed by atoms with Crippen LogP contribution >= 0.6 is 0 Å². The minimum absolute atomic E-state index is 0.556. The molecule has 0 spiro atoms. The van der Waals surface area contributed by atoms with E-state index in [-0.39, 0.29) is 0 Å². The highest BCUT2D eigenvalue weighted by atomic mass is 15.1. The van der Waals surface area contributed by atoms with Gasteiger partial charge in [0.05, 0.1) is 11.0 Å². The molecule has 0 saturated heterocycles. The molecular weight excluding hydrogens is 248 g/mol. The Bertz CT molecular complexity index is 567. The number of rotatable bonds is 4. The van der Waals surface area contributed by atoms with Gasteiger partial charge in [-0.25, -0.2) is 4.98 Å². The smallest absolute Gasteiger partial charge is 0.201 e. The summed E-state index contributed by atoms with van der Waals surface area (Å²) in [5.74, 6) is 1.82. The summed E-state index contributed by atoms with van der Waals surface area (Å²) in [5.41, 5.74) is 8.54. The number of aromatic amines is 1. The lowest BCUT2D eigenvalue weighted by Crippen LogP contribution is -2.26. The van der Waals surface area contributed by atoms with E-state index in [0.29, 0.717) is 6.04 Å². The van der Waals surface area contributed by atoms with E-state index in [0.717, 1.165) is 28.6 Å². The zero-order valence-corrected chi connectivity index (χ0v) is 12.2. The molecule has 1 aliphatic rings. The maximum absolute atomic E-state index is 5.79. The van der Waals surface area contributed by atoms with Crippen LogP contribution in [-0.4, -0.2) is 16.0 Å². The highest BCUT2D eigenvalue weighted by Crippen LogP contribution is 2.29. The molecule has 0 radical (unpaired) electrons. The van der Waals surface area contributed by atoms with Gasteiger partial charge in [0, 0.05) is 11.7 Å². The summed E-state index contributed by atoms with van der Waals surface area (Å²) in [6.07, 6.45) is 7.90. The van der Waals surface area contributed by atoms with E-state index in [9.17, 15) is 0 Å². The van der Waals surface area contributed by atoms with E-state index in [1.807, 2.05) is 18.2 Å². The summed E-state index contributed by atoms with van der Waals surface area (Å²) in [6, 6.07) is 6.35. The fourth-order valence-electron chi connectivity index (χ4n) is 3.29. The summed E-state index contributed by atoms with van der Waals surface area (Å²) < 4.78 is 0. The highest BCUT2D eigenvalue weighted by molar-refractivity contribution is 5.80. The van der Waals surface area contributed by atoms with Crippen LogP contribution in [0.3, 0.4) is 0 Å². The number of hydrogen-bond acceptors (Lipinski definition) is 3. The molecule has 0 atom stereocenters. The molecule has 0 aliphatic heterocycles. The highest BCUT2D eigenvalue weighted by Gasteiger charge is 2.21. The van der Waals surface area contributed by atoms with Crippen molar-refractivity contribution in [2.24, 2.45) is 5.92 Å². The number of nitrogens with zero attached hydrogens (tertiary/aromatic N) is 1. The van der Waals surface area contributed by atoms with E-state index >= 15 is 0 Å². The summed E-state index contributed by atoms with van der Waals surface area (Å²) in [4.78, 5) is 7.90. The van der Waals surface area contributed by atoms with Crippen LogP contribution < -0.4 is 11.1 Å². The van der Waals surface area contributed by atoms with Gasteiger partial charge in [0.1, 0.15) is 0 Å². The van der Waals surface area contributed by atoms with Gasteiger partial charge in [-0.2, -0.15) is 0 Å². The number of nitrogen functional groups attached to an aromatic ring is 1. The Morgan fingerprint density at radius 3 is 2.85 bits per heavy atom. The van der Waals surface area contributed by atoms with Crippen molar-refractivity contribution >= 4 is 22.7 Å². The predicted molar refractivity (Wildman–Crippen MR) is 84.8 cm³/mol. The van der Waals surface area contributed by atoms with Crippen molar-refractivity contribution in [2.75, 3.05) is 11.1 Å². The van der Waals surface area contributed by atoms with Crippen LogP contribution in [0.15, 0.2) is 18.2 Å². The standard InChI is InChI=1S/C16H24N4/c1-2-3-11-4-7-13(8-5-11)18-16-19-14-9-6-12(17)10-15(14)20-16/h6,9-11,13H,2-5,7-8,17H2,1H3,(H2,18,19,20). The Morgan fingerprint density at radius 1 is 1.30 bits per heavy atom. The minimum atomic E-state index is 0.556. The first-order valence-electron chi connectivity index (χ1n) is 7.76. The Morgan fingerprint density at radius 2 is 2.10 bits per heavy atom. The SMILES string of the molecule is CCCC1CCC(Nc2nc3ccc(N)cc3[nH]2)CC1. The van der Waals surface area contributed by atoms with Gasteiger partial charge in [-0.05, 0) is 49.8 Å². The van der Waals surface area contributed by atoms with Crippen LogP contribution in [0.1, 0.15) is 45.4 Å². The quantitative estimate of drug-likeness (QED) is 0.739. The minimum Gasteiger partial charge on any atom is -0.399 e. The van der Waals surface area contributed by atoms with Crippen molar-refractivity contribution < 1.29 is 0 Å². The molecule has 0 unspecified atom stereocenters. The van der Waals surface area contributed by atoms with Gasteiger partial charge in [0.25, 0.3) is 0 Å². The Balaban J connectivity index is 1.62. The van der Waals surface area contributed by atoms with Gasteiger partial charge in [-0.15, -0.1) is 0 Å². The molecule has 1 saturated carbocycles. The zero-order chi connectivity index (χ0) is 13.9. The number of nitrogens with one attached hydrogen (secondary N) is 2. The third kappa shape index (κ3) is 2.89. The van der Waals surface area contributed by atoms with Crippen molar-refractivity contribution in [3.8, 4) is 0 Å². The molecule has 1 aliphatic carbocycles. The number of aromatic nitrogens is 2. The lowest BCUT2D eigenvalue weighted by Gasteiger charge is -2.28. The van der Waals surface area contributed by atoms with Gasteiger partial charge in [0.2, 0.25) is 5.95 Å². The van der Waals surface area contributed by atoms with Crippen LogP contribution in [0, 0.1) is 5.92 Å². The second-order valence-corrected chi connectivity index (χ2v) is 6.01. The van der Waals surface area contributed by atoms with Gasteiger partial charge in [-0.3, -0.25) is 0 Å². The molecule has 0 bridgehead atoms. The molecule has 3 rings (SSSR count). The second kappa shape index (κ2) is 5.73. The molecule has 1 aromatic heterocycles. The van der Waals surface area contributed by atoms with Gasteiger partial charge in [0.15, 0.2) is 0 Å². The molecular formula is C16H24N4. The number of fused-ring (bicyclic) bond motifs is 1. The topological polar surface area (TPSA) is 66.7 Å². The molecule has 4 heteroatoms. The molecule has 20 heavy (non-hydrogen) atoms. The average molecular weight is 272 g/mol. The van der Waals surface area contributed by atoms with E-state index in [4.69, 9.17) is 5.73 Å². The Kier molecular flexibility index (Phi) is 3.81. The van der Waals surface area contributed by atoms with Crippen LogP contribution in [-0.2, 0) is 0 Å². The Hall–Kier alpha value is -1.71. The molecule has 0 amide bonds. The normalized spacial score (nSPS) is 23.1. The first-order valence-corrected chi connectivity index (χ1v) is 7.76. The summed E-state index contributed by atoms with van der Waals surface area (Å²) in [5, 5.41) is 3.54. The van der Waals surface area contributed by atoms with Crippen LogP contribution in [0.5, 0.6) is 0 Å². The summed E-state index contributed by atoms with van der Waals surface area (Å²) >= 11 is 0. The van der Waals surface area contributed by atoms with Crippen LogP contribution in [0.4, 0.5) is 11.6 Å². The number of hydrogen-bond donors (Lipinski definition) is 3. The largest absolute Gasteiger partial charge is 0.399 e. The van der Waals surface area contributed by atoms with E-state index < -0.39 is 0 Å². The van der Waals surface area contributed by atoms with E-state index in [2.05, 4.69) is 22.2 Å². The maximum atomic E-state index is 5.79. The van der Waals surface area contributed by atoms with Crippen molar-refractivity contribution in [3.63, 3.8) is 0 Å². The number of H-pyrrole nitrogens is 1. The maximum Gasteiger partial charge on any atom is 0.201 e. The lowest BCUT2D eigenvalue weighted by atomic mass is 9.83. The first-order chi connectivity index (χ1) is 9.74. The fraction of sp³-hybridized carbons (Fsp3) is 0.562. The molecule has 4 N–H and O–H groups in total. The molecule has 1 heterocycles. The molecule has 4 nitrogen and oxygen atoms in total. The summed E-state index contributed by atoms with van der Waals surface area (Å²) in [6.45, 7) is 2.28. The number of benzene rings is 1. The van der Waals surface area contributed by atoms with E-state index in [1.54, 1.807) is 0 Å². The fourth-order valence-corrected chi connectivity index (χ4v) is 3.29. The van der Waals surface area contributed by atoms with Gasteiger partial charge in [-0.1, -0.05) is 19.8 Å². The van der Waals surface area contributed by atoms with Gasteiger partial charge < -0.3 is 16.0 Å². The van der Waals surface area contributed by atoms with Crippen molar-refractivity contribution in [3.05, 3.63) is 18.2 Å². The first kappa shape index (κ1) is 13.3. The molecule has 108 valence electrons. The Labute approximate surface area is 120 Å². The number of anilines is 2. The molecule has 1 fully saturated rings. The number of nitrogens with two attached hydrogens (primary N) is 1. The van der Waals surface area contributed by atoms with E-state index in [1.165, 1.54) is 38.5 Å². The predicted octanol–water partition coefficient (Wildman–Crippen LogP) is 3.92. The third-order valence-corrected chi connectivity index (χ3v) is 4.39. The van der Waals surface area contributed by atoms with Crippen LogP contribution in [0.2, 0.25) is 0 Å². The van der Waals surface area contributed by atoms with Crippen molar-refractivity contribution in [2.45, 2.75) is 51.5 Å². The summed E-state index contributed by atoms with van der Waals surface area (Å²) in [7, 11) is 0. The van der Waals surface area contributed by atoms with Crippen LogP contribution in [0.25, 0.3) is 11.0 Å². The van der Waals surface area contributed by atoms with Crippen molar-refractivity contribution in [1.82, 2.24) is 9.97 Å². The molecule has 2 aromatic rings. The third-order valence-electron chi connectivity index (χ3n) is 4.39. The van der Waals surface area contributed by atoms with Crippen molar-refractivity contribution in [1.29, 1.82) is 0 Å².